The monoisotopic (exact) mass is 492 g/mol. The van der Waals surface area contributed by atoms with E-state index in [4.69, 9.17) is 18.9 Å². The lowest BCUT2D eigenvalue weighted by Gasteiger charge is -2.10. The van der Waals surface area contributed by atoms with Crippen LogP contribution in [0.25, 0.3) is 17.0 Å². The fourth-order valence-corrected chi connectivity index (χ4v) is 4.14. The number of ketones is 1. The molecule has 36 heavy (non-hydrogen) atoms. The summed E-state index contributed by atoms with van der Waals surface area (Å²) in [7, 11) is 5.67. The van der Waals surface area contributed by atoms with Gasteiger partial charge in [0.25, 0.3) is 0 Å². The van der Waals surface area contributed by atoms with Gasteiger partial charge in [-0.3, -0.25) is 14.4 Å². The first kappa shape index (κ1) is 25.0. The Labute approximate surface area is 208 Å². The van der Waals surface area contributed by atoms with Crippen LogP contribution >= 0.6 is 0 Å². The average Bonchev–Trinajstić information content (AvgIpc) is 3.29. The fourth-order valence-electron chi connectivity index (χ4n) is 4.14. The van der Waals surface area contributed by atoms with E-state index in [-0.39, 0.29) is 28.6 Å². The zero-order chi connectivity index (χ0) is 26.0. The summed E-state index contributed by atoms with van der Waals surface area (Å²) in [6.07, 6.45) is 4.59. The molecule has 1 aliphatic rings. The molecule has 0 amide bonds. The minimum atomic E-state index is -0.615. The molecule has 2 aromatic carbocycles. The van der Waals surface area contributed by atoms with Crippen LogP contribution in [0, 0.1) is 0 Å². The van der Waals surface area contributed by atoms with Crippen LogP contribution in [0.15, 0.2) is 42.3 Å². The Kier molecular flexibility index (Phi) is 7.12. The SMILES string of the molecule is COc1ccc2c(c1)c(C=C1Oc3cc(OC(C)=O)cc(OC(C)=O)c3C1=O)cn2CCCN(C)C. The van der Waals surface area contributed by atoms with Gasteiger partial charge in [-0.15, -0.1) is 0 Å². The normalized spacial score (nSPS) is 13.7. The first-order valence-corrected chi connectivity index (χ1v) is 11.5. The Bertz CT molecular complexity index is 1380. The molecular weight excluding hydrogens is 464 g/mol. The van der Waals surface area contributed by atoms with Crippen molar-refractivity contribution in [2.75, 3.05) is 27.7 Å². The van der Waals surface area contributed by atoms with Crippen LogP contribution in [-0.2, 0) is 16.1 Å². The first-order valence-electron chi connectivity index (χ1n) is 11.5. The summed E-state index contributed by atoms with van der Waals surface area (Å²) in [6, 6.07) is 8.56. The van der Waals surface area contributed by atoms with Crippen LogP contribution in [-0.4, -0.2) is 54.9 Å². The second-order valence-electron chi connectivity index (χ2n) is 8.74. The maximum atomic E-state index is 13.3. The Balaban J connectivity index is 1.76. The molecule has 2 heterocycles. The van der Waals surface area contributed by atoms with E-state index in [2.05, 4.69) is 9.47 Å². The number of carbonyl (C=O) groups is 3. The molecule has 0 radical (unpaired) electrons. The highest BCUT2D eigenvalue weighted by Crippen LogP contribution is 2.42. The van der Waals surface area contributed by atoms with Crippen molar-refractivity contribution >= 4 is 34.7 Å². The van der Waals surface area contributed by atoms with Crippen LogP contribution < -0.4 is 18.9 Å². The molecule has 0 bridgehead atoms. The van der Waals surface area contributed by atoms with Gasteiger partial charge in [0.1, 0.15) is 28.6 Å². The molecular formula is C27H28N2O7. The van der Waals surface area contributed by atoms with Crippen molar-refractivity contribution in [1.82, 2.24) is 9.47 Å². The molecule has 1 aromatic heterocycles. The standard InChI is InChI=1S/C27H28N2O7/c1-16(30)34-20-13-23(35-17(2)31)26-24(14-20)36-25(27(26)32)11-18-15-29(10-6-9-28(3)4)22-8-7-19(33-5)12-21(18)22/h7-8,11-15H,6,9-10H2,1-5H3. The van der Waals surface area contributed by atoms with E-state index in [1.165, 1.54) is 26.0 Å². The third-order valence-corrected chi connectivity index (χ3v) is 5.64. The summed E-state index contributed by atoms with van der Waals surface area (Å²) in [6.45, 7) is 4.20. The van der Waals surface area contributed by atoms with Gasteiger partial charge >= 0.3 is 11.9 Å². The highest BCUT2D eigenvalue weighted by Gasteiger charge is 2.33. The highest BCUT2D eigenvalue weighted by molar-refractivity contribution is 6.17. The van der Waals surface area contributed by atoms with E-state index in [1.807, 2.05) is 38.5 Å². The third-order valence-electron chi connectivity index (χ3n) is 5.64. The number of aromatic nitrogens is 1. The summed E-state index contributed by atoms with van der Waals surface area (Å²) in [4.78, 5) is 38.5. The lowest BCUT2D eigenvalue weighted by Crippen LogP contribution is -2.14. The fraction of sp³-hybridized carbons (Fsp3) is 0.296. The van der Waals surface area contributed by atoms with E-state index in [0.717, 1.165) is 36.0 Å². The van der Waals surface area contributed by atoms with Crippen molar-refractivity contribution in [3.63, 3.8) is 0 Å². The zero-order valence-corrected chi connectivity index (χ0v) is 20.9. The Morgan fingerprint density at radius 3 is 2.47 bits per heavy atom. The summed E-state index contributed by atoms with van der Waals surface area (Å²) in [5.41, 5.74) is 1.88. The van der Waals surface area contributed by atoms with Crippen molar-refractivity contribution in [2.45, 2.75) is 26.8 Å². The smallest absolute Gasteiger partial charge is 0.308 e. The first-order chi connectivity index (χ1) is 17.2. The maximum Gasteiger partial charge on any atom is 0.308 e. The molecule has 0 fully saturated rings. The largest absolute Gasteiger partial charge is 0.497 e. The molecule has 0 unspecified atom stereocenters. The molecule has 4 rings (SSSR count). The van der Waals surface area contributed by atoms with E-state index >= 15 is 0 Å². The molecule has 188 valence electrons. The van der Waals surface area contributed by atoms with Crippen molar-refractivity contribution in [3.8, 4) is 23.0 Å². The minimum absolute atomic E-state index is 0.0302. The van der Waals surface area contributed by atoms with Gasteiger partial charge in [0.05, 0.1) is 7.11 Å². The van der Waals surface area contributed by atoms with E-state index in [1.54, 1.807) is 13.2 Å². The van der Waals surface area contributed by atoms with Gasteiger partial charge in [-0.2, -0.15) is 0 Å². The Morgan fingerprint density at radius 1 is 1.06 bits per heavy atom. The Hall–Kier alpha value is -4.11. The van der Waals surface area contributed by atoms with E-state index in [9.17, 15) is 14.4 Å². The van der Waals surface area contributed by atoms with E-state index < -0.39 is 17.7 Å². The van der Waals surface area contributed by atoms with Crippen molar-refractivity contribution in [2.24, 2.45) is 0 Å². The summed E-state index contributed by atoms with van der Waals surface area (Å²) < 4.78 is 23.8. The van der Waals surface area contributed by atoms with Gasteiger partial charge in [0, 0.05) is 55.2 Å². The van der Waals surface area contributed by atoms with Crippen molar-refractivity contribution in [1.29, 1.82) is 0 Å². The number of benzene rings is 2. The number of fused-ring (bicyclic) bond motifs is 2. The molecule has 0 saturated carbocycles. The van der Waals surface area contributed by atoms with Crippen LogP contribution in [0.5, 0.6) is 23.0 Å². The second-order valence-corrected chi connectivity index (χ2v) is 8.74. The van der Waals surface area contributed by atoms with Crippen LogP contribution in [0.4, 0.5) is 0 Å². The number of esters is 2. The molecule has 9 heteroatoms. The molecule has 0 saturated heterocycles. The summed E-state index contributed by atoms with van der Waals surface area (Å²) >= 11 is 0. The number of allylic oxidation sites excluding steroid dienone is 1. The van der Waals surface area contributed by atoms with Gasteiger partial charge in [0.15, 0.2) is 5.76 Å². The number of hydrogen-bond acceptors (Lipinski definition) is 8. The van der Waals surface area contributed by atoms with Crippen LogP contribution in [0.3, 0.4) is 0 Å². The summed E-state index contributed by atoms with van der Waals surface area (Å²) in [5.74, 6) is -0.631. The number of nitrogens with zero attached hydrogens (tertiary/aromatic N) is 2. The van der Waals surface area contributed by atoms with E-state index in [0.29, 0.717) is 5.75 Å². The molecule has 1 aliphatic heterocycles. The summed E-state index contributed by atoms with van der Waals surface area (Å²) in [5, 5.41) is 0.903. The molecule has 3 aromatic rings. The van der Waals surface area contributed by atoms with Gasteiger partial charge in [0.2, 0.25) is 5.78 Å². The third kappa shape index (κ3) is 5.26. The van der Waals surface area contributed by atoms with Crippen LogP contribution in [0.1, 0.15) is 36.2 Å². The Morgan fingerprint density at radius 2 is 1.81 bits per heavy atom. The average molecular weight is 493 g/mol. The number of aryl methyl sites for hydroxylation is 1. The highest BCUT2D eigenvalue weighted by atomic mass is 16.6. The number of hydrogen-bond donors (Lipinski definition) is 0. The number of Topliss-reactive ketones (excluding diaryl/α,β-unsaturated/α-hetero) is 1. The molecule has 0 atom stereocenters. The number of rotatable bonds is 8. The number of ether oxygens (including phenoxy) is 4. The van der Waals surface area contributed by atoms with Gasteiger partial charge < -0.3 is 28.4 Å². The maximum absolute atomic E-state index is 13.3. The molecule has 0 spiro atoms. The molecule has 0 N–H and O–H groups in total. The second kappa shape index (κ2) is 10.2. The van der Waals surface area contributed by atoms with Gasteiger partial charge in [-0.1, -0.05) is 0 Å². The number of methoxy groups -OCH3 is 1. The predicted octanol–water partition coefficient (Wildman–Crippen LogP) is 4.07. The topological polar surface area (TPSA) is 96.3 Å². The van der Waals surface area contributed by atoms with Gasteiger partial charge in [-0.25, -0.2) is 0 Å². The van der Waals surface area contributed by atoms with Crippen molar-refractivity contribution < 1.29 is 33.3 Å². The molecule has 0 aliphatic carbocycles. The van der Waals surface area contributed by atoms with Gasteiger partial charge in [-0.05, 0) is 51.3 Å². The quantitative estimate of drug-likeness (QED) is 0.264. The zero-order valence-electron chi connectivity index (χ0n) is 20.9. The molecule has 9 nitrogen and oxygen atoms in total. The minimum Gasteiger partial charge on any atom is -0.497 e. The van der Waals surface area contributed by atoms with Crippen molar-refractivity contribution in [3.05, 3.63) is 53.4 Å². The predicted molar refractivity (Wildman–Crippen MR) is 134 cm³/mol. The lowest BCUT2D eigenvalue weighted by molar-refractivity contribution is -0.132. The lowest BCUT2D eigenvalue weighted by atomic mass is 10.1. The number of carbonyl (C=O) groups excluding carboxylic acids is 3. The van der Waals surface area contributed by atoms with Crippen LogP contribution in [0.2, 0.25) is 0 Å².